The zero-order valence-corrected chi connectivity index (χ0v) is 15.2. The smallest absolute Gasteiger partial charge is 0.248 e. The van der Waals surface area contributed by atoms with Crippen LogP contribution < -0.4 is 14.8 Å². The van der Waals surface area contributed by atoms with Gasteiger partial charge in [-0.1, -0.05) is 31.1 Å². The second-order valence-electron chi connectivity index (χ2n) is 7.39. The first-order valence-corrected chi connectivity index (χ1v) is 8.47. The van der Waals surface area contributed by atoms with Gasteiger partial charge in [0.05, 0.1) is 14.2 Å². The fraction of sp³-hybridized carbons (Fsp3) is 0.444. The number of benzene rings is 1. The van der Waals surface area contributed by atoms with Crippen molar-refractivity contribution in [2.24, 2.45) is 5.41 Å². The van der Waals surface area contributed by atoms with Crippen molar-refractivity contribution < 1.29 is 14.3 Å². The third-order valence-corrected chi connectivity index (χ3v) is 4.92. The number of carbonyl (C=O) groups is 1. The minimum absolute atomic E-state index is 0.0970. The molecular formula is C18H21N5O3. The Balaban J connectivity index is 1.95. The number of ether oxygens (including phenoxy) is 2. The highest BCUT2D eigenvalue weighted by atomic mass is 16.5. The summed E-state index contributed by atoms with van der Waals surface area (Å²) in [6, 6.07) is 5.16. The number of para-hydroxylation sites is 1. The molecule has 136 valence electrons. The number of anilines is 1. The molecule has 8 nitrogen and oxygen atoms in total. The molecule has 0 amide bonds. The van der Waals surface area contributed by atoms with Gasteiger partial charge in [-0.25, -0.2) is 0 Å². The first-order chi connectivity index (χ1) is 12.4. The Kier molecular flexibility index (Phi) is 3.71. The van der Waals surface area contributed by atoms with Crippen LogP contribution in [0.4, 0.5) is 5.95 Å². The molecule has 2 heterocycles. The SMILES string of the molecule is COc1cccc(C2C3=C(CC(C)(C)CC3=O)Nc3nnnn32)c1OC. The summed E-state index contributed by atoms with van der Waals surface area (Å²) in [6.07, 6.45) is 1.23. The Morgan fingerprint density at radius 3 is 2.77 bits per heavy atom. The van der Waals surface area contributed by atoms with Crippen LogP contribution in [0.25, 0.3) is 0 Å². The number of nitrogens with one attached hydrogen (secondary N) is 1. The Labute approximate surface area is 151 Å². The zero-order valence-electron chi connectivity index (χ0n) is 15.2. The van der Waals surface area contributed by atoms with Gasteiger partial charge in [-0.3, -0.25) is 4.79 Å². The van der Waals surface area contributed by atoms with E-state index in [0.29, 0.717) is 29.4 Å². The van der Waals surface area contributed by atoms with Crippen molar-refractivity contribution in [3.8, 4) is 11.5 Å². The lowest BCUT2D eigenvalue weighted by atomic mass is 9.73. The van der Waals surface area contributed by atoms with Crippen LogP contribution in [-0.2, 0) is 4.79 Å². The van der Waals surface area contributed by atoms with E-state index in [1.54, 1.807) is 18.9 Å². The predicted molar refractivity (Wildman–Crippen MR) is 94.2 cm³/mol. The van der Waals surface area contributed by atoms with E-state index >= 15 is 0 Å². The topological polar surface area (TPSA) is 91.2 Å². The molecule has 1 aromatic carbocycles. The molecular weight excluding hydrogens is 334 g/mol. The summed E-state index contributed by atoms with van der Waals surface area (Å²) in [7, 11) is 3.18. The number of Topliss-reactive ketones (excluding diaryl/α,β-unsaturated/α-hetero) is 1. The molecule has 1 N–H and O–H groups in total. The molecule has 26 heavy (non-hydrogen) atoms. The van der Waals surface area contributed by atoms with E-state index in [0.717, 1.165) is 17.7 Å². The summed E-state index contributed by atoms with van der Waals surface area (Å²) >= 11 is 0. The molecule has 2 aromatic rings. The number of hydrogen-bond acceptors (Lipinski definition) is 7. The highest BCUT2D eigenvalue weighted by molar-refractivity contribution is 6.00. The highest BCUT2D eigenvalue weighted by Gasteiger charge is 2.42. The number of carbonyl (C=O) groups excluding carboxylic acids is 1. The van der Waals surface area contributed by atoms with Crippen molar-refractivity contribution in [2.45, 2.75) is 32.7 Å². The molecule has 8 heteroatoms. The third-order valence-electron chi connectivity index (χ3n) is 4.92. The van der Waals surface area contributed by atoms with Gasteiger partial charge in [0, 0.05) is 23.3 Å². The van der Waals surface area contributed by atoms with Crippen molar-refractivity contribution in [3.05, 3.63) is 35.0 Å². The maximum Gasteiger partial charge on any atom is 0.248 e. The number of methoxy groups -OCH3 is 2. The Morgan fingerprint density at radius 2 is 2.04 bits per heavy atom. The lowest BCUT2D eigenvalue weighted by Crippen LogP contribution is -2.36. The Bertz CT molecular complexity index is 915. The number of allylic oxidation sites excluding steroid dienone is 2. The lowest BCUT2D eigenvalue weighted by Gasteiger charge is -2.38. The molecule has 0 saturated carbocycles. The van der Waals surface area contributed by atoms with Crippen molar-refractivity contribution in [2.75, 3.05) is 19.5 Å². The van der Waals surface area contributed by atoms with Gasteiger partial charge in [0.25, 0.3) is 0 Å². The van der Waals surface area contributed by atoms with Crippen LogP contribution in [0.15, 0.2) is 29.5 Å². The van der Waals surface area contributed by atoms with Gasteiger partial charge in [0.2, 0.25) is 5.95 Å². The van der Waals surface area contributed by atoms with Crippen molar-refractivity contribution in [1.29, 1.82) is 0 Å². The van der Waals surface area contributed by atoms with Crippen LogP contribution in [0.5, 0.6) is 11.5 Å². The molecule has 0 radical (unpaired) electrons. The van der Waals surface area contributed by atoms with Crippen LogP contribution in [0, 0.1) is 5.41 Å². The summed E-state index contributed by atoms with van der Waals surface area (Å²) in [5.74, 6) is 1.79. The van der Waals surface area contributed by atoms with Gasteiger partial charge < -0.3 is 14.8 Å². The predicted octanol–water partition coefficient (Wildman–Crippen LogP) is 2.35. The maximum atomic E-state index is 13.1. The summed E-state index contributed by atoms with van der Waals surface area (Å²) < 4.78 is 12.7. The minimum Gasteiger partial charge on any atom is -0.493 e. The summed E-state index contributed by atoms with van der Waals surface area (Å²) in [5.41, 5.74) is 2.25. The van der Waals surface area contributed by atoms with Crippen LogP contribution in [-0.4, -0.2) is 40.2 Å². The van der Waals surface area contributed by atoms with Crippen molar-refractivity contribution in [3.63, 3.8) is 0 Å². The molecule has 4 rings (SSSR count). The quantitative estimate of drug-likeness (QED) is 0.903. The zero-order chi connectivity index (χ0) is 18.5. The number of aromatic nitrogens is 4. The Morgan fingerprint density at radius 1 is 1.23 bits per heavy atom. The Hall–Kier alpha value is -2.90. The standard InChI is InChI=1S/C18H21N5O3/c1-18(2)8-11-14(12(24)9-18)15(23-17(19-11)20-21-22-23)10-6-5-7-13(25-3)16(10)26-4/h5-7,15H,8-9H2,1-4H3,(H,19,20,22). The molecule has 0 fully saturated rings. The molecule has 0 saturated heterocycles. The largest absolute Gasteiger partial charge is 0.493 e. The number of hydrogen-bond donors (Lipinski definition) is 1. The summed E-state index contributed by atoms with van der Waals surface area (Å²) in [6.45, 7) is 4.18. The maximum absolute atomic E-state index is 13.1. The van der Waals surface area contributed by atoms with Crippen molar-refractivity contribution in [1.82, 2.24) is 20.2 Å². The van der Waals surface area contributed by atoms with Crippen LogP contribution in [0.3, 0.4) is 0 Å². The first kappa shape index (κ1) is 16.6. The second kappa shape index (κ2) is 5.82. The fourth-order valence-corrected chi connectivity index (χ4v) is 3.89. The number of fused-ring (bicyclic) bond motifs is 1. The molecule has 1 unspecified atom stereocenters. The minimum atomic E-state index is -0.454. The van der Waals surface area contributed by atoms with E-state index in [2.05, 4.69) is 34.7 Å². The molecule has 1 aliphatic heterocycles. The van der Waals surface area contributed by atoms with Crippen LogP contribution >= 0.6 is 0 Å². The van der Waals surface area contributed by atoms with E-state index in [1.807, 2.05) is 18.2 Å². The molecule has 2 aliphatic rings. The summed E-state index contributed by atoms with van der Waals surface area (Å²) in [4.78, 5) is 13.1. The van der Waals surface area contributed by atoms with E-state index in [9.17, 15) is 4.79 Å². The monoisotopic (exact) mass is 355 g/mol. The first-order valence-electron chi connectivity index (χ1n) is 8.47. The number of rotatable bonds is 3. The van der Waals surface area contributed by atoms with Crippen LogP contribution in [0.1, 0.15) is 38.3 Å². The number of tetrazole rings is 1. The molecule has 0 bridgehead atoms. The van der Waals surface area contributed by atoms with Gasteiger partial charge >= 0.3 is 0 Å². The van der Waals surface area contributed by atoms with E-state index < -0.39 is 6.04 Å². The van der Waals surface area contributed by atoms with Crippen molar-refractivity contribution >= 4 is 11.7 Å². The molecule has 1 aromatic heterocycles. The highest BCUT2D eigenvalue weighted by Crippen LogP contribution is 2.47. The average Bonchev–Trinajstić information content (AvgIpc) is 3.06. The van der Waals surface area contributed by atoms with Gasteiger partial charge in [-0.2, -0.15) is 4.68 Å². The average molecular weight is 355 g/mol. The summed E-state index contributed by atoms with van der Waals surface area (Å²) in [5, 5.41) is 15.2. The van der Waals surface area contributed by atoms with E-state index in [-0.39, 0.29) is 11.2 Å². The van der Waals surface area contributed by atoms with E-state index in [4.69, 9.17) is 9.47 Å². The van der Waals surface area contributed by atoms with Gasteiger partial charge in [0.15, 0.2) is 17.3 Å². The fourth-order valence-electron chi connectivity index (χ4n) is 3.89. The molecule has 1 atom stereocenters. The van der Waals surface area contributed by atoms with Gasteiger partial charge in [-0.15, -0.1) is 0 Å². The van der Waals surface area contributed by atoms with Gasteiger partial charge in [0.1, 0.15) is 6.04 Å². The van der Waals surface area contributed by atoms with Gasteiger partial charge in [-0.05, 0) is 28.3 Å². The second-order valence-corrected chi connectivity index (χ2v) is 7.39. The number of nitrogens with zero attached hydrogens (tertiary/aromatic N) is 4. The van der Waals surface area contributed by atoms with Crippen LogP contribution in [0.2, 0.25) is 0 Å². The molecule has 1 aliphatic carbocycles. The molecule has 0 spiro atoms. The van der Waals surface area contributed by atoms with E-state index in [1.165, 1.54) is 0 Å². The third kappa shape index (κ3) is 2.44. The normalized spacial score (nSPS) is 20.9. The lowest BCUT2D eigenvalue weighted by molar-refractivity contribution is -0.118. The number of ketones is 1.